The van der Waals surface area contributed by atoms with Crippen LogP contribution in [0.1, 0.15) is 24.8 Å². The predicted molar refractivity (Wildman–Crippen MR) is 71.3 cm³/mol. The molecular weight excluding hydrogens is 246 g/mol. The van der Waals surface area contributed by atoms with Crippen LogP contribution in [0.25, 0.3) is 0 Å². The third-order valence-electron chi connectivity index (χ3n) is 3.20. The van der Waals surface area contributed by atoms with Gasteiger partial charge in [0.1, 0.15) is 0 Å². The molecule has 0 amide bonds. The van der Waals surface area contributed by atoms with Gasteiger partial charge in [0, 0.05) is 6.42 Å². The van der Waals surface area contributed by atoms with Crippen molar-refractivity contribution in [3.63, 3.8) is 0 Å². The fraction of sp³-hybridized carbons (Fsp3) is 0.286. The monoisotopic (exact) mass is 261 g/mol. The summed E-state index contributed by atoms with van der Waals surface area (Å²) in [6.45, 7) is 3.68. The van der Waals surface area contributed by atoms with Gasteiger partial charge >= 0.3 is 0 Å². The molecule has 1 heterocycles. The molecule has 1 N–H and O–H groups in total. The fourth-order valence-electron chi connectivity index (χ4n) is 2.39. The predicted octanol–water partition coefficient (Wildman–Crippen LogP) is 2.16. The first-order chi connectivity index (χ1) is 8.56. The Bertz CT molecular complexity index is 613. The van der Waals surface area contributed by atoms with E-state index < -0.39 is 15.6 Å². The zero-order chi connectivity index (χ0) is 13.2. The molecule has 0 saturated heterocycles. The van der Waals surface area contributed by atoms with Gasteiger partial charge in [-0.1, -0.05) is 24.3 Å². The molecule has 0 aromatic heterocycles. The Morgan fingerprint density at radius 1 is 1.44 bits per heavy atom. The highest BCUT2D eigenvalue weighted by Gasteiger charge is 2.45. The lowest BCUT2D eigenvalue weighted by atomic mass is 9.84. The van der Waals surface area contributed by atoms with Crippen LogP contribution in [0.4, 0.5) is 0 Å². The quantitative estimate of drug-likeness (QED) is 0.667. The maximum Gasteiger partial charge on any atom is 0.241 e. The Morgan fingerprint density at radius 2 is 2.17 bits per heavy atom. The van der Waals surface area contributed by atoms with Gasteiger partial charge in [0.2, 0.25) is 10.0 Å². The first kappa shape index (κ1) is 12.9. The Labute approximate surface area is 108 Å². The van der Waals surface area contributed by atoms with Crippen LogP contribution in [-0.4, -0.2) is 8.42 Å². The van der Waals surface area contributed by atoms with E-state index in [1.807, 2.05) is 12.1 Å². The molecule has 1 atom stereocenters. The van der Waals surface area contributed by atoms with Crippen molar-refractivity contribution < 1.29 is 8.42 Å². The molecule has 1 aromatic rings. The zero-order valence-electron chi connectivity index (χ0n) is 10.0. The zero-order valence-corrected chi connectivity index (χ0v) is 10.8. The number of sulfonamides is 1. The summed E-state index contributed by atoms with van der Waals surface area (Å²) >= 11 is 0. The van der Waals surface area contributed by atoms with Crippen LogP contribution in [0.3, 0.4) is 0 Å². The number of rotatable bonds is 4. The summed E-state index contributed by atoms with van der Waals surface area (Å²) in [6, 6.07) is 7.00. The Hall–Kier alpha value is -1.57. The van der Waals surface area contributed by atoms with Crippen molar-refractivity contribution in [1.82, 2.24) is 4.72 Å². The smallest absolute Gasteiger partial charge is 0.207 e. The minimum absolute atomic E-state index is 0.337. The van der Waals surface area contributed by atoms with Crippen LogP contribution < -0.4 is 4.72 Å². The second-order valence-electron chi connectivity index (χ2n) is 4.39. The van der Waals surface area contributed by atoms with Crippen molar-refractivity contribution in [1.29, 1.82) is 0 Å². The number of hydrogen-bond acceptors (Lipinski definition) is 2. The van der Waals surface area contributed by atoms with Gasteiger partial charge in [-0.25, -0.2) is 8.42 Å². The average molecular weight is 261 g/mol. The Kier molecular flexibility index (Phi) is 3.29. The maximum absolute atomic E-state index is 12.1. The summed E-state index contributed by atoms with van der Waals surface area (Å²) in [5.74, 6) is 2.58. The van der Waals surface area contributed by atoms with Gasteiger partial charge in [0.05, 0.1) is 10.4 Å². The summed E-state index contributed by atoms with van der Waals surface area (Å²) < 4.78 is 26.9. The summed E-state index contributed by atoms with van der Waals surface area (Å²) in [5, 5.41) is 0. The van der Waals surface area contributed by atoms with Gasteiger partial charge in [0.25, 0.3) is 0 Å². The van der Waals surface area contributed by atoms with E-state index in [1.54, 1.807) is 18.2 Å². The number of terminal acetylenes is 1. The van der Waals surface area contributed by atoms with Crippen LogP contribution in [0.5, 0.6) is 0 Å². The van der Waals surface area contributed by atoms with E-state index in [2.05, 4.69) is 17.2 Å². The first-order valence-corrected chi connectivity index (χ1v) is 7.22. The highest BCUT2D eigenvalue weighted by Crippen LogP contribution is 2.41. The lowest BCUT2D eigenvalue weighted by molar-refractivity contribution is 0.387. The summed E-state index contributed by atoms with van der Waals surface area (Å²) in [6.07, 6.45) is 8.84. The molecule has 0 saturated carbocycles. The molecule has 0 radical (unpaired) electrons. The third-order valence-corrected chi connectivity index (χ3v) is 4.80. The van der Waals surface area contributed by atoms with Crippen molar-refractivity contribution >= 4 is 10.0 Å². The molecule has 4 heteroatoms. The molecule has 18 heavy (non-hydrogen) atoms. The van der Waals surface area contributed by atoms with E-state index in [4.69, 9.17) is 6.42 Å². The molecule has 0 aliphatic carbocycles. The number of fused-ring (bicyclic) bond motifs is 1. The van der Waals surface area contributed by atoms with E-state index >= 15 is 0 Å². The second-order valence-corrected chi connectivity index (χ2v) is 6.04. The number of hydrogen-bond donors (Lipinski definition) is 1. The molecule has 1 aliphatic heterocycles. The number of allylic oxidation sites excluding steroid dienone is 1. The van der Waals surface area contributed by atoms with Crippen molar-refractivity contribution in [3.05, 3.63) is 42.5 Å². The van der Waals surface area contributed by atoms with Crippen LogP contribution >= 0.6 is 0 Å². The van der Waals surface area contributed by atoms with Gasteiger partial charge in [-0.3, -0.25) is 0 Å². The van der Waals surface area contributed by atoms with Gasteiger partial charge < -0.3 is 0 Å². The SMILES string of the molecule is C#CC[C@@]1(CCC=C)NS(=O)(=O)c2ccccc21. The summed E-state index contributed by atoms with van der Waals surface area (Å²) in [7, 11) is -3.45. The molecule has 0 unspecified atom stereocenters. The lowest BCUT2D eigenvalue weighted by Gasteiger charge is -2.27. The van der Waals surface area contributed by atoms with Crippen LogP contribution in [0.2, 0.25) is 0 Å². The lowest BCUT2D eigenvalue weighted by Crippen LogP contribution is -2.39. The van der Waals surface area contributed by atoms with Crippen molar-refractivity contribution in [2.75, 3.05) is 0 Å². The van der Waals surface area contributed by atoms with E-state index in [9.17, 15) is 8.42 Å². The second kappa shape index (κ2) is 4.60. The minimum atomic E-state index is -3.45. The van der Waals surface area contributed by atoms with Gasteiger partial charge in [-0.15, -0.1) is 18.9 Å². The largest absolute Gasteiger partial charge is 0.241 e. The van der Waals surface area contributed by atoms with Gasteiger partial charge in [-0.2, -0.15) is 4.72 Å². The van der Waals surface area contributed by atoms with Crippen molar-refractivity contribution in [2.45, 2.75) is 29.7 Å². The maximum atomic E-state index is 12.1. The molecule has 2 rings (SSSR count). The molecule has 0 spiro atoms. The topological polar surface area (TPSA) is 46.2 Å². The molecule has 0 bridgehead atoms. The van der Waals surface area contributed by atoms with E-state index in [0.717, 1.165) is 5.56 Å². The van der Waals surface area contributed by atoms with Crippen molar-refractivity contribution in [3.8, 4) is 12.3 Å². The van der Waals surface area contributed by atoms with E-state index in [0.29, 0.717) is 24.2 Å². The number of benzene rings is 1. The standard InChI is InChI=1S/C14H15NO2S/c1-3-5-11-14(10-4-2)12-8-6-7-9-13(12)18(16,17)15-14/h2-3,6-9,15H,1,5,10-11H2/t14-/m0/s1. The number of nitrogens with one attached hydrogen (secondary N) is 1. The molecule has 1 aromatic carbocycles. The normalized spacial score (nSPS) is 24.2. The van der Waals surface area contributed by atoms with Crippen LogP contribution in [0, 0.1) is 12.3 Å². The van der Waals surface area contributed by atoms with Gasteiger partial charge in [-0.05, 0) is 24.5 Å². The molecule has 94 valence electrons. The van der Waals surface area contributed by atoms with Crippen molar-refractivity contribution in [2.24, 2.45) is 0 Å². The highest BCUT2D eigenvalue weighted by molar-refractivity contribution is 7.89. The molecule has 3 nitrogen and oxygen atoms in total. The van der Waals surface area contributed by atoms with Crippen LogP contribution in [-0.2, 0) is 15.6 Å². The summed E-state index contributed by atoms with van der Waals surface area (Å²) in [4.78, 5) is 0.337. The molecule has 0 fully saturated rings. The fourth-order valence-corrected chi connectivity index (χ4v) is 4.11. The minimum Gasteiger partial charge on any atom is -0.207 e. The van der Waals surface area contributed by atoms with Crippen LogP contribution in [0.15, 0.2) is 41.8 Å². The Morgan fingerprint density at radius 3 is 2.83 bits per heavy atom. The summed E-state index contributed by atoms with van der Waals surface area (Å²) in [5.41, 5.74) is 0.0862. The third kappa shape index (κ3) is 1.96. The first-order valence-electron chi connectivity index (χ1n) is 5.73. The molecule has 1 aliphatic rings. The van der Waals surface area contributed by atoms with Gasteiger partial charge in [0.15, 0.2) is 0 Å². The molecular formula is C14H15NO2S. The van der Waals surface area contributed by atoms with E-state index in [1.165, 1.54) is 0 Å². The average Bonchev–Trinajstić information content (AvgIpc) is 2.57. The Balaban J connectivity index is 2.57. The van der Waals surface area contributed by atoms with E-state index in [-0.39, 0.29) is 0 Å². The highest BCUT2D eigenvalue weighted by atomic mass is 32.2.